The highest BCUT2D eigenvalue weighted by Gasteiger charge is 2.18. The van der Waals surface area contributed by atoms with Crippen molar-refractivity contribution in [2.45, 2.75) is 26.9 Å². The van der Waals surface area contributed by atoms with Gasteiger partial charge in [0.2, 0.25) is 0 Å². The van der Waals surface area contributed by atoms with Crippen LogP contribution >= 0.6 is 11.6 Å². The van der Waals surface area contributed by atoms with E-state index in [2.05, 4.69) is 10.4 Å². The molecule has 0 aliphatic carbocycles. The van der Waals surface area contributed by atoms with E-state index >= 15 is 0 Å². The van der Waals surface area contributed by atoms with Gasteiger partial charge in [0.25, 0.3) is 5.91 Å². The molecule has 3 rings (SSSR count). The Kier molecular flexibility index (Phi) is 5.72. The lowest BCUT2D eigenvalue weighted by molar-refractivity contribution is 0.0939. The van der Waals surface area contributed by atoms with Gasteiger partial charge in [0, 0.05) is 40.5 Å². The Hall–Kier alpha value is -2.92. The number of aryl methyl sites for hydroxylation is 1. The SMILES string of the molecule is CCn1ncc(CNC(=O)c2ccccc2C(=O)c2ccc(Cl)cc2)c1C. The van der Waals surface area contributed by atoms with Crippen LogP contribution in [-0.2, 0) is 13.1 Å². The first-order valence-corrected chi connectivity index (χ1v) is 9.07. The predicted molar refractivity (Wildman–Crippen MR) is 105 cm³/mol. The van der Waals surface area contributed by atoms with Crippen LogP contribution in [0.15, 0.2) is 54.7 Å². The number of nitrogens with one attached hydrogen (secondary N) is 1. The standard InChI is InChI=1S/C21H20ClN3O2/c1-3-25-14(2)16(13-24-25)12-23-21(27)19-7-5-4-6-18(19)20(26)15-8-10-17(22)11-9-15/h4-11,13H,3,12H2,1-2H3,(H,23,27). The van der Waals surface area contributed by atoms with Crippen molar-refractivity contribution in [2.75, 3.05) is 0 Å². The summed E-state index contributed by atoms with van der Waals surface area (Å²) in [5.41, 5.74) is 3.16. The second-order valence-electron chi connectivity index (χ2n) is 6.14. The summed E-state index contributed by atoms with van der Waals surface area (Å²) < 4.78 is 1.87. The third-order valence-corrected chi connectivity index (χ3v) is 4.72. The molecule has 5 nitrogen and oxygen atoms in total. The summed E-state index contributed by atoms with van der Waals surface area (Å²) in [6.45, 7) is 5.11. The molecular weight excluding hydrogens is 362 g/mol. The van der Waals surface area contributed by atoms with Gasteiger partial charge < -0.3 is 5.32 Å². The number of hydrogen-bond acceptors (Lipinski definition) is 3. The lowest BCUT2D eigenvalue weighted by atomic mass is 9.98. The van der Waals surface area contributed by atoms with E-state index in [1.54, 1.807) is 54.7 Å². The van der Waals surface area contributed by atoms with Crippen LogP contribution in [0, 0.1) is 6.92 Å². The van der Waals surface area contributed by atoms with Crippen molar-refractivity contribution >= 4 is 23.3 Å². The van der Waals surface area contributed by atoms with E-state index in [-0.39, 0.29) is 11.7 Å². The van der Waals surface area contributed by atoms with Gasteiger partial charge in [-0.3, -0.25) is 14.3 Å². The van der Waals surface area contributed by atoms with Crippen molar-refractivity contribution in [1.29, 1.82) is 0 Å². The van der Waals surface area contributed by atoms with Crippen LogP contribution in [-0.4, -0.2) is 21.5 Å². The molecule has 1 heterocycles. The minimum atomic E-state index is -0.295. The molecule has 1 amide bonds. The Balaban J connectivity index is 1.80. The van der Waals surface area contributed by atoms with Crippen molar-refractivity contribution in [3.63, 3.8) is 0 Å². The Labute approximate surface area is 163 Å². The topological polar surface area (TPSA) is 64.0 Å². The van der Waals surface area contributed by atoms with Crippen LogP contribution in [0.4, 0.5) is 0 Å². The maximum atomic E-state index is 12.8. The molecule has 1 N–H and O–H groups in total. The van der Waals surface area contributed by atoms with Gasteiger partial charge in [0.05, 0.1) is 11.8 Å². The first-order valence-electron chi connectivity index (χ1n) is 8.70. The Bertz CT molecular complexity index is 977. The van der Waals surface area contributed by atoms with Crippen LogP contribution < -0.4 is 5.32 Å². The van der Waals surface area contributed by atoms with Crippen molar-refractivity contribution in [1.82, 2.24) is 15.1 Å². The predicted octanol–water partition coefficient (Wildman–Crippen LogP) is 4.03. The monoisotopic (exact) mass is 381 g/mol. The smallest absolute Gasteiger partial charge is 0.252 e. The van der Waals surface area contributed by atoms with E-state index in [1.165, 1.54) is 0 Å². The van der Waals surface area contributed by atoms with Crippen molar-refractivity contribution in [3.8, 4) is 0 Å². The van der Waals surface area contributed by atoms with Gasteiger partial charge >= 0.3 is 0 Å². The first-order chi connectivity index (χ1) is 13.0. The third kappa shape index (κ3) is 4.09. The summed E-state index contributed by atoms with van der Waals surface area (Å²) in [5.74, 6) is -0.510. The molecule has 0 saturated carbocycles. The van der Waals surface area contributed by atoms with Crippen LogP contribution in [0.3, 0.4) is 0 Å². The average molecular weight is 382 g/mol. The molecule has 6 heteroatoms. The maximum Gasteiger partial charge on any atom is 0.252 e. The fraction of sp³-hybridized carbons (Fsp3) is 0.190. The normalized spacial score (nSPS) is 10.6. The quantitative estimate of drug-likeness (QED) is 0.656. The highest BCUT2D eigenvalue weighted by molar-refractivity contribution is 6.30. The number of ketones is 1. The van der Waals surface area contributed by atoms with Gasteiger partial charge in [-0.25, -0.2) is 0 Å². The fourth-order valence-electron chi connectivity index (χ4n) is 2.88. The van der Waals surface area contributed by atoms with E-state index < -0.39 is 0 Å². The van der Waals surface area contributed by atoms with Gasteiger partial charge in [-0.2, -0.15) is 5.10 Å². The molecule has 0 spiro atoms. The van der Waals surface area contributed by atoms with E-state index in [1.807, 2.05) is 18.5 Å². The van der Waals surface area contributed by atoms with Gasteiger partial charge in [-0.15, -0.1) is 0 Å². The van der Waals surface area contributed by atoms with Crippen LogP contribution in [0.5, 0.6) is 0 Å². The number of carbonyl (C=O) groups is 2. The molecule has 2 aromatic carbocycles. The molecular formula is C21H20ClN3O2. The van der Waals surface area contributed by atoms with E-state index in [0.29, 0.717) is 28.3 Å². The summed E-state index contributed by atoms with van der Waals surface area (Å²) in [5, 5.41) is 7.72. The highest BCUT2D eigenvalue weighted by Crippen LogP contribution is 2.17. The number of amides is 1. The fourth-order valence-corrected chi connectivity index (χ4v) is 3.01. The summed E-state index contributed by atoms with van der Waals surface area (Å²) in [7, 11) is 0. The Morgan fingerprint density at radius 1 is 1.07 bits per heavy atom. The van der Waals surface area contributed by atoms with E-state index in [9.17, 15) is 9.59 Å². The average Bonchev–Trinajstić information content (AvgIpc) is 3.05. The first kappa shape index (κ1) is 18.9. The number of halogens is 1. The van der Waals surface area contributed by atoms with Crippen LogP contribution in [0.1, 0.15) is 44.5 Å². The lowest BCUT2D eigenvalue weighted by Gasteiger charge is -2.10. The largest absolute Gasteiger partial charge is 0.348 e. The number of nitrogens with zero attached hydrogens (tertiary/aromatic N) is 2. The molecule has 0 atom stereocenters. The van der Waals surface area contributed by atoms with Crippen molar-refractivity contribution in [3.05, 3.63) is 87.7 Å². The summed E-state index contributed by atoms with van der Waals surface area (Å²) in [6.07, 6.45) is 1.75. The molecule has 27 heavy (non-hydrogen) atoms. The summed E-state index contributed by atoms with van der Waals surface area (Å²) in [4.78, 5) is 25.5. The highest BCUT2D eigenvalue weighted by atomic mass is 35.5. The number of benzene rings is 2. The molecule has 0 saturated heterocycles. The Morgan fingerprint density at radius 3 is 2.37 bits per heavy atom. The van der Waals surface area contributed by atoms with Gasteiger partial charge in [-0.05, 0) is 44.2 Å². The zero-order valence-electron chi connectivity index (χ0n) is 15.2. The lowest BCUT2D eigenvalue weighted by Crippen LogP contribution is -2.25. The molecule has 0 aliphatic rings. The second-order valence-corrected chi connectivity index (χ2v) is 6.57. The number of aromatic nitrogens is 2. The van der Waals surface area contributed by atoms with Gasteiger partial charge in [0.1, 0.15) is 0 Å². The van der Waals surface area contributed by atoms with Crippen LogP contribution in [0.2, 0.25) is 5.02 Å². The van der Waals surface area contributed by atoms with Crippen LogP contribution in [0.25, 0.3) is 0 Å². The van der Waals surface area contributed by atoms with E-state index in [4.69, 9.17) is 11.6 Å². The molecule has 0 radical (unpaired) electrons. The van der Waals surface area contributed by atoms with Gasteiger partial charge in [-0.1, -0.05) is 29.8 Å². The number of carbonyl (C=O) groups excluding carboxylic acids is 2. The van der Waals surface area contributed by atoms with Crippen molar-refractivity contribution < 1.29 is 9.59 Å². The summed E-state index contributed by atoms with van der Waals surface area (Å²) in [6, 6.07) is 13.4. The zero-order chi connectivity index (χ0) is 19.4. The second kappa shape index (κ2) is 8.18. The van der Waals surface area contributed by atoms with Crippen molar-refractivity contribution in [2.24, 2.45) is 0 Å². The van der Waals surface area contributed by atoms with E-state index in [0.717, 1.165) is 17.8 Å². The number of rotatable bonds is 6. The minimum Gasteiger partial charge on any atom is -0.348 e. The molecule has 1 aromatic heterocycles. The maximum absolute atomic E-state index is 12.8. The molecule has 0 aliphatic heterocycles. The molecule has 0 bridgehead atoms. The summed E-state index contributed by atoms with van der Waals surface area (Å²) >= 11 is 5.89. The molecule has 138 valence electrons. The minimum absolute atomic E-state index is 0.215. The molecule has 0 fully saturated rings. The van der Waals surface area contributed by atoms with Gasteiger partial charge in [0.15, 0.2) is 5.78 Å². The molecule has 0 unspecified atom stereocenters. The molecule has 3 aromatic rings. The third-order valence-electron chi connectivity index (χ3n) is 4.47. The zero-order valence-corrected chi connectivity index (χ0v) is 16.0. The Morgan fingerprint density at radius 2 is 1.74 bits per heavy atom. The number of hydrogen-bond donors (Lipinski definition) is 1.